The zero-order valence-electron chi connectivity index (χ0n) is 20.3. The van der Waals surface area contributed by atoms with Crippen LogP contribution in [0.3, 0.4) is 0 Å². The van der Waals surface area contributed by atoms with Gasteiger partial charge in [-0.05, 0) is 55.3 Å². The molecule has 1 aliphatic rings. The molecule has 3 aromatic carbocycles. The molecule has 1 fully saturated rings. The Labute approximate surface area is 230 Å². The number of halogens is 1. The van der Waals surface area contributed by atoms with E-state index in [1.165, 1.54) is 11.8 Å². The molecule has 1 saturated heterocycles. The van der Waals surface area contributed by atoms with E-state index in [4.69, 9.17) is 33.3 Å². The van der Waals surface area contributed by atoms with Crippen LogP contribution in [0.2, 0.25) is 5.02 Å². The second-order valence-corrected chi connectivity index (χ2v) is 10.2. The monoisotopic (exact) mass is 552 g/mol. The van der Waals surface area contributed by atoms with Crippen LogP contribution in [-0.4, -0.2) is 34.2 Å². The number of nitrogens with one attached hydrogen (secondary N) is 1. The summed E-state index contributed by atoms with van der Waals surface area (Å²) in [5, 5.41) is 3.17. The van der Waals surface area contributed by atoms with Crippen LogP contribution in [0.4, 0.5) is 5.69 Å². The summed E-state index contributed by atoms with van der Waals surface area (Å²) in [6.07, 6.45) is 1.79. The van der Waals surface area contributed by atoms with Gasteiger partial charge in [-0.15, -0.1) is 0 Å². The quantitative estimate of drug-likeness (QED) is 0.235. The number of carbonyl (C=O) groups is 2. The summed E-state index contributed by atoms with van der Waals surface area (Å²) in [4.78, 5) is 27.7. The van der Waals surface area contributed by atoms with E-state index in [-0.39, 0.29) is 24.5 Å². The lowest BCUT2D eigenvalue weighted by Gasteiger charge is -2.23. The minimum Gasteiger partial charge on any atom is -0.490 e. The number of anilines is 1. The average Bonchev–Trinajstić information content (AvgIpc) is 3.17. The minimum absolute atomic E-state index is 0.138. The third-order valence-corrected chi connectivity index (χ3v) is 7.22. The van der Waals surface area contributed by atoms with E-state index in [1.54, 1.807) is 53.4 Å². The molecule has 3 aromatic rings. The van der Waals surface area contributed by atoms with Crippen LogP contribution in [0.5, 0.6) is 11.5 Å². The van der Waals surface area contributed by atoms with Gasteiger partial charge in [-0.3, -0.25) is 14.5 Å². The third-order valence-electron chi connectivity index (χ3n) is 5.56. The van der Waals surface area contributed by atoms with Crippen LogP contribution in [-0.2, 0) is 9.59 Å². The van der Waals surface area contributed by atoms with Gasteiger partial charge in [-0.2, -0.15) is 0 Å². The van der Waals surface area contributed by atoms with Crippen molar-refractivity contribution in [2.45, 2.75) is 19.9 Å². The first-order chi connectivity index (χ1) is 17.9. The van der Waals surface area contributed by atoms with E-state index in [0.29, 0.717) is 38.0 Å². The number of amides is 2. The number of ether oxygens (including phenoxy) is 2. The largest absolute Gasteiger partial charge is 0.490 e. The molecule has 1 N–H and O–H groups in total. The van der Waals surface area contributed by atoms with E-state index in [9.17, 15) is 9.59 Å². The van der Waals surface area contributed by atoms with Crippen LogP contribution in [0.15, 0.2) is 77.7 Å². The van der Waals surface area contributed by atoms with Gasteiger partial charge >= 0.3 is 0 Å². The van der Waals surface area contributed by atoms with Crippen LogP contribution in [0, 0.1) is 0 Å². The van der Waals surface area contributed by atoms with E-state index < -0.39 is 0 Å². The molecule has 1 heterocycles. The Morgan fingerprint density at radius 2 is 1.81 bits per heavy atom. The molecule has 190 valence electrons. The molecule has 0 bridgehead atoms. The van der Waals surface area contributed by atoms with Gasteiger partial charge in [0.2, 0.25) is 0 Å². The van der Waals surface area contributed by atoms with Gasteiger partial charge in [0.15, 0.2) is 18.1 Å². The van der Waals surface area contributed by atoms with Crippen LogP contribution >= 0.6 is 35.6 Å². The highest BCUT2D eigenvalue weighted by molar-refractivity contribution is 8.26. The van der Waals surface area contributed by atoms with Crippen LogP contribution < -0.4 is 14.8 Å². The van der Waals surface area contributed by atoms with Gasteiger partial charge in [0.05, 0.1) is 28.3 Å². The predicted octanol–water partition coefficient (Wildman–Crippen LogP) is 6.72. The fraction of sp³-hybridized carbons (Fsp3) is 0.179. The molecule has 2 amide bonds. The second-order valence-electron chi connectivity index (χ2n) is 8.09. The molecule has 1 aliphatic heterocycles. The van der Waals surface area contributed by atoms with Gasteiger partial charge in [-0.1, -0.05) is 84.1 Å². The Morgan fingerprint density at radius 3 is 2.54 bits per heavy atom. The van der Waals surface area contributed by atoms with Crippen molar-refractivity contribution in [2.24, 2.45) is 0 Å². The number of hydrogen-bond donors (Lipinski definition) is 1. The number of carbonyl (C=O) groups excluding carboxylic acids is 2. The van der Waals surface area contributed by atoms with E-state index in [0.717, 1.165) is 11.1 Å². The normalized spacial score (nSPS) is 15.1. The number of para-hydroxylation sites is 1. The summed E-state index contributed by atoms with van der Waals surface area (Å²) in [5.41, 5.74) is 2.28. The Kier molecular flexibility index (Phi) is 8.87. The number of thioether (sulfide) groups is 1. The van der Waals surface area contributed by atoms with Crippen molar-refractivity contribution in [1.82, 2.24) is 4.90 Å². The minimum atomic E-state index is -0.351. The molecular weight excluding hydrogens is 528 g/mol. The molecule has 9 heteroatoms. The molecular formula is C28H25ClN2O4S2. The average molecular weight is 553 g/mol. The molecule has 0 radical (unpaired) electrons. The van der Waals surface area contributed by atoms with Crippen LogP contribution in [0.25, 0.3) is 6.08 Å². The fourth-order valence-corrected chi connectivity index (χ4v) is 5.34. The first-order valence-electron chi connectivity index (χ1n) is 11.6. The third kappa shape index (κ3) is 6.52. The number of rotatable bonds is 9. The molecule has 0 saturated carbocycles. The van der Waals surface area contributed by atoms with E-state index >= 15 is 0 Å². The number of thiocarbonyl (C=S) groups is 1. The highest BCUT2D eigenvalue weighted by atomic mass is 35.5. The standard InChI is InChI=1S/C28H25ClN2O4S2/c1-3-34-24-15-19(13-14-23(24)35-17-26(32)30-22-12-8-7-11-21(22)29)16-25-27(33)31(28(36)37-25)18(2)20-9-5-4-6-10-20/h4-16,18H,3,17H2,1-2H3,(H,30,32)/b25-16-/t18-/m0/s1. The van der Waals surface area contributed by atoms with Crippen molar-refractivity contribution in [3.8, 4) is 11.5 Å². The Bertz CT molecular complexity index is 1350. The van der Waals surface area contributed by atoms with Crippen molar-refractivity contribution < 1.29 is 19.1 Å². The van der Waals surface area contributed by atoms with Crippen molar-refractivity contribution in [1.29, 1.82) is 0 Å². The number of hydrogen-bond acceptors (Lipinski definition) is 6. The summed E-state index contributed by atoms with van der Waals surface area (Å²) >= 11 is 12.9. The lowest BCUT2D eigenvalue weighted by atomic mass is 10.1. The summed E-state index contributed by atoms with van der Waals surface area (Å²) in [5.74, 6) is 0.394. The molecule has 1 atom stereocenters. The first-order valence-corrected chi connectivity index (χ1v) is 13.2. The highest BCUT2D eigenvalue weighted by Gasteiger charge is 2.35. The first kappa shape index (κ1) is 26.7. The summed E-state index contributed by atoms with van der Waals surface area (Å²) in [6, 6.07) is 21.9. The van der Waals surface area contributed by atoms with Crippen LogP contribution in [0.1, 0.15) is 31.0 Å². The topological polar surface area (TPSA) is 67.9 Å². The van der Waals surface area contributed by atoms with Gasteiger partial charge in [0, 0.05) is 0 Å². The number of benzene rings is 3. The molecule has 37 heavy (non-hydrogen) atoms. The molecule has 0 unspecified atom stereocenters. The fourth-order valence-electron chi connectivity index (χ4n) is 3.74. The van der Waals surface area contributed by atoms with Crippen molar-refractivity contribution >= 4 is 63.5 Å². The van der Waals surface area contributed by atoms with E-state index in [1.807, 2.05) is 44.2 Å². The second kappa shape index (κ2) is 12.3. The molecule has 0 aliphatic carbocycles. The Balaban J connectivity index is 1.47. The Hall–Kier alpha value is -3.33. The van der Waals surface area contributed by atoms with Gasteiger partial charge in [0.25, 0.3) is 11.8 Å². The summed E-state index contributed by atoms with van der Waals surface area (Å²) < 4.78 is 12.0. The lowest BCUT2D eigenvalue weighted by molar-refractivity contribution is -0.123. The smallest absolute Gasteiger partial charge is 0.266 e. The molecule has 6 nitrogen and oxygen atoms in total. The molecule has 0 spiro atoms. The maximum Gasteiger partial charge on any atom is 0.266 e. The van der Waals surface area contributed by atoms with Gasteiger partial charge < -0.3 is 14.8 Å². The summed E-state index contributed by atoms with van der Waals surface area (Å²) in [6.45, 7) is 4.00. The lowest BCUT2D eigenvalue weighted by Crippen LogP contribution is -2.30. The SMILES string of the molecule is CCOc1cc(/C=C2\SC(=S)N([C@@H](C)c3ccccc3)C2=O)ccc1OCC(=O)Nc1ccccc1Cl. The zero-order chi connectivity index (χ0) is 26.4. The molecule has 4 rings (SSSR count). The van der Waals surface area contributed by atoms with Crippen molar-refractivity contribution in [3.05, 3.63) is 93.9 Å². The van der Waals surface area contributed by atoms with E-state index in [2.05, 4.69) is 5.32 Å². The van der Waals surface area contributed by atoms with Crippen molar-refractivity contribution in [3.63, 3.8) is 0 Å². The van der Waals surface area contributed by atoms with Crippen molar-refractivity contribution in [2.75, 3.05) is 18.5 Å². The molecule has 0 aromatic heterocycles. The predicted molar refractivity (Wildman–Crippen MR) is 153 cm³/mol. The Morgan fingerprint density at radius 1 is 1.08 bits per heavy atom. The summed E-state index contributed by atoms with van der Waals surface area (Å²) in [7, 11) is 0. The van der Waals surface area contributed by atoms with Gasteiger partial charge in [0.1, 0.15) is 4.32 Å². The maximum absolute atomic E-state index is 13.2. The highest BCUT2D eigenvalue weighted by Crippen LogP contribution is 2.39. The zero-order valence-corrected chi connectivity index (χ0v) is 22.7. The van der Waals surface area contributed by atoms with Gasteiger partial charge in [-0.25, -0.2) is 0 Å². The number of nitrogens with zero attached hydrogens (tertiary/aromatic N) is 1. The maximum atomic E-state index is 13.2.